The Hall–Kier alpha value is -1.06. The van der Waals surface area contributed by atoms with Crippen LogP contribution in [0.15, 0.2) is 24.3 Å². The summed E-state index contributed by atoms with van der Waals surface area (Å²) >= 11 is 5.41. The topological polar surface area (TPSA) is 46.5 Å². The maximum absolute atomic E-state index is 10.5. The molecular weight excluding hydrogens is 192 g/mol. The Labute approximate surface area is 80.9 Å². The van der Waals surface area contributed by atoms with E-state index in [4.69, 9.17) is 21.4 Å². The fourth-order valence-corrected chi connectivity index (χ4v) is 1.01. The summed E-state index contributed by atoms with van der Waals surface area (Å²) in [6, 6.07) is 6.33. The molecule has 13 heavy (non-hydrogen) atoms. The highest BCUT2D eigenvalue weighted by Crippen LogP contribution is 2.20. The lowest BCUT2D eigenvalue weighted by Gasteiger charge is -2.04. The third kappa shape index (κ3) is 3.05. The minimum absolute atomic E-state index is 0.376. The molecule has 0 aliphatic heterocycles. The van der Waals surface area contributed by atoms with Crippen LogP contribution < -0.4 is 4.74 Å². The summed E-state index contributed by atoms with van der Waals surface area (Å²) in [4.78, 5) is 10.5. The molecule has 0 radical (unpaired) electrons. The Kier molecular flexibility index (Phi) is 3.28. The number of carbonyl (C=O) groups is 1. The van der Waals surface area contributed by atoms with Crippen molar-refractivity contribution in [1.29, 1.82) is 0 Å². The number of esters is 1. The lowest BCUT2D eigenvalue weighted by Crippen LogP contribution is -2.01. The molecule has 0 fully saturated rings. The first-order chi connectivity index (χ1) is 6.09. The monoisotopic (exact) mass is 200 g/mol. The first-order valence-corrected chi connectivity index (χ1v) is 4.14. The molecule has 0 saturated carbocycles. The highest BCUT2D eigenvalue weighted by Gasteiger charge is 2.03. The van der Waals surface area contributed by atoms with E-state index in [2.05, 4.69) is 0 Å². The summed E-state index contributed by atoms with van der Waals surface area (Å²) in [6.45, 7) is 1.32. The van der Waals surface area contributed by atoms with E-state index in [1.807, 2.05) is 0 Å². The van der Waals surface area contributed by atoms with Gasteiger partial charge in [0.15, 0.2) is 5.56 Å². The molecule has 1 atom stereocenters. The predicted molar refractivity (Wildman–Crippen MR) is 48.6 cm³/mol. The predicted octanol–water partition coefficient (Wildman–Crippen LogP) is 1.84. The molecule has 1 rings (SSSR count). The van der Waals surface area contributed by atoms with E-state index >= 15 is 0 Å². The smallest absolute Gasteiger partial charge is 0.308 e. The molecule has 0 aromatic heterocycles. The van der Waals surface area contributed by atoms with Crippen molar-refractivity contribution in [3.8, 4) is 5.75 Å². The van der Waals surface area contributed by atoms with Crippen molar-refractivity contribution in [1.82, 2.24) is 0 Å². The first kappa shape index (κ1) is 10.0. The Bertz CT molecular complexity index is 292. The van der Waals surface area contributed by atoms with Gasteiger partial charge >= 0.3 is 5.97 Å². The summed E-state index contributed by atoms with van der Waals surface area (Å²) in [7, 11) is 0. The van der Waals surface area contributed by atoms with E-state index in [1.54, 1.807) is 24.3 Å². The second-order valence-electron chi connectivity index (χ2n) is 2.50. The van der Waals surface area contributed by atoms with Crippen LogP contribution in [-0.2, 0) is 4.79 Å². The van der Waals surface area contributed by atoms with Gasteiger partial charge in [0.05, 0.1) is 0 Å². The lowest BCUT2D eigenvalue weighted by molar-refractivity contribution is -0.131. The molecule has 70 valence electrons. The molecule has 1 aromatic rings. The van der Waals surface area contributed by atoms with Gasteiger partial charge in [0.2, 0.25) is 0 Å². The number of aliphatic hydroxyl groups excluding tert-OH is 1. The van der Waals surface area contributed by atoms with Crippen LogP contribution in [0.4, 0.5) is 0 Å². The van der Waals surface area contributed by atoms with Crippen LogP contribution >= 0.6 is 11.6 Å². The second kappa shape index (κ2) is 4.25. The van der Waals surface area contributed by atoms with Gasteiger partial charge in [-0.05, 0) is 17.7 Å². The van der Waals surface area contributed by atoms with Crippen LogP contribution in [0.25, 0.3) is 0 Å². The fourth-order valence-electron chi connectivity index (χ4n) is 0.861. The Morgan fingerprint density at radius 2 is 2.00 bits per heavy atom. The molecule has 3 nitrogen and oxygen atoms in total. The van der Waals surface area contributed by atoms with Gasteiger partial charge < -0.3 is 9.84 Å². The molecule has 0 heterocycles. The fraction of sp³-hybridized carbons (Fsp3) is 0.222. The van der Waals surface area contributed by atoms with Crippen LogP contribution in [0.2, 0.25) is 0 Å². The number of ether oxygens (including phenoxy) is 1. The second-order valence-corrected chi connectivity index (χ2v) is 2.91. The van der Waals surface area contributed by atoms with E-state index in [0.29, 0.717) is 11.3 Å². The van der Waals surface area contributed by atoms with Crippen molar-refractivity contribution in [3.05, 3.63) is 29.8 Å². The van der Waals surface area contributed by atoms with Crippen LogP contribution in [0, 0.1) is 0 Å². The van der Waals surface area contributed by atoms with Gasteiger partial charge in [-0.3, -0.25) is 4.79 Å². The van der Waals surface area contributed by atoms with Crippen molar-refractivity contribution in [2.24, 2.45) is 0 Å². The van der Waals surface area contributed by atoms with Gasteiger partial charge in [0, 0.05) is 6.92 Å². The van der Waals surface area contributed by atoms with E-state index < -0.39 is 5.56 Å². The molecule has 0 amide bonds. The number of hydrogen-bond donors (Lipinski definition) is 1. The minimum Gasteiger partial charge on any atom is -0.427 e. The van der Waals surface area contributed by atoms with Crippen molar-refractivity contribution in [2.45, 2.75) is 12.5 Å². The number of benzene rings is 1. The van der Waals surface area contributed by atoms with Gasteiger partial charge in [-0.15, -0.1) is 0 Å². The van der Waals surface area contributed by atoms with Crippen molar-refractivity contribution >= 4 is 17.6 Å². The maximum atomic E-state index is 10.5. The van der Waals surface area contributed by atoms with Gasteiger partial charge in [-0.25, -0.2) is 0 Å². The molecule has 1 N–H and O–H groups in total. The first-order valence-electron chi connectivity index (χ1n) is 3.70. The quantitative estimate of drug-likeness (QED) is 0.450. The van der Waals surface area contributed by atoms with Crippen molar-refractivity contribution in [3.63, 3.8) is 0 Å². The summed E-state index contributed by atoms with van der Waals surface area (Å²) in [6.07, 6.45) is 0. The molecule has 0 aliphatic rings. The van der Waals surface area contributed by atoms with Crippen LogP contribution in [0.3, 0.4) is 0 Å². The third-order valence-electron chi connectivity index (χ3n) is 1.42. The normalized spacial score (nSPS) is 12.2. The number of hydrogen-bond acceptors (Lipinski definition) is 3. The van der Waals surface area contributed by atoms with Gasteiger partial charge in [-0.1, -0.05) is 23.7 Å². The SMILES string of the molecule is CC(=O)Oc1ccc(C(O)Cl)cc1. The average Bonchev–Trinajstić information content (AvgIpc) is 2.04. The van der Waals surface area contributed by atoms with Crippen LogP contribution in [-0.4, -0.2) is 11.1 Å². The molecular formula is C9H9ClO3. The zero-order valence-corrected chi connectivity index (χ0v) is 7.78. The molecule has 4 heteroatoms. The number of rotatable bonds is 2. The summed E-state index contributed by atoms with van der Waals surface area (Å²) in [5, 5.41) is 8.95. The summed E-state index contributed by atoms with van der Waals surface area (Å²) < 4.78 is 4.79. The number of alkyl halides is 1. The van der Waals surface area contributed by atoms with Gasteiger partial charge in [0.1, 0.15) is 5.75 Å². The molecule has 1 unspecified atom stereocenters. The van der Waals surface area contributed by atoms with E-state index in [9.17, 15) is 4.79 Å². The Balaban J connectivity index is 2.75. The van der Waals surface area contributed by atoms with Gasteiger partial charge in [-0.2, -0.15) is 0 Å². The molecule has 0 bridgehead atoms. The van der Waals surface area contributed by atoms with Crippen molar-refractivity contribution < 1.29 is 14.6 Å². The molecule has 0 aliphatic carbocycles. The molecule has 0 spiro atoms. The average molecular weight is 201 g/mol. The standard InChI is InChI=1S/C9H9ClO3/c1-6(11)13-8-4-2-7(3-5-8)9(10)12/h2-5,9,12H,1H3. The van der Waals surface area contributed by atoms with Crippen molar-refractivity contribution in [2.75, 3.05) is 0 Å². The lowest BCUT2D eigenvalue weighted by atomic mass is 10.2. The van der Waals surface area contributed by atoms with E-state index in [-0.39, 0.29) is 5.97 Å². The molecule has 0 saturated heterocycles. The molecule has 1 aromatic carbocycles. The van der Waals surface area contributed by atoms with Crippen LogP contribution in [0.5, 0.6) is 5.75 Å². The minimum atomic E-state index is -1.02. The van der Waals surface area contributed by atoms with E-state index in [0.717, 1.165) is 0 Å². The summed E-state index contributed by atoms with van der Waals surface area (Å²) in [5.74, 6) is 0.0627. The number of halogens is 1. The third-order valence-corrected chi connectivity index (χ3v) is 1.67. The highest BCUT2D eigenvalue weighted by molar-refractivity contribution is 6.19. The number of aliphatic hydroxyl groups is 1. The Morgan fingerprint density at radius 1 is 1.46 bits per heavy atom. The Morgan fingerprint density at radius 3 is 2.38 bits per heavy atom. The highest BCUT2D eigenvalue weighted by atomic mass is 35.5. The maximum Gasteiger partial charge on any atom is 0.308 e. The zero-order chi connectivity index (χ0) is 9.84. The zero-order valence-electron chi connectivity index (χ0n) is 7.03. The van der Waals surface area contributed by atoms with Crippen LogP contribution in [0.1, 0.15) is 18.1 Å². The largest absolute Gasteiger partial charge is 0.427 e. The summed E-state index contributed by atoms with van der Waals surface area (Å²) in [5.41, 5.74) is -0.455. The number of carbonyl (C=O) groups excluding carboxylic acids is 1. The van der Waals surface area contributed by atoms with E-state index in [1.165, 1.54) is 6.92 Å². The van der Waals surface area contributed by atoms with Gasteiger partial charge in [0.25, 0.3) is 0 Å².